The van der Waals surface area contributed by atoms with Crippen LogP contribution >= 0.6 is 0 Å². The van der Waals surface area contributed by atoms with Gasteiger partial charge in [0.15, 0.2) is 0 Å². The van der Waals surface area contributed by atoms with Crippen molar-refractivity contribution in [2.45, 2.75) is 37.2 Å². The third-order valence-corrected chi connectivity index (χ3v) is 6.87. The highest BCUT2D eigenvalue weighted by atomic mass is 32.2. The lowest BCUT2D eigenvalue weighted by molar-refractivity contribution is 0.0784. The highest BCUT2D eigenvalue weighted by molar-refractivity contribution is 7.89. The molecule has 0 amide bonds. The van der Waals surface area contributed by atoms with E-state index in [1.54, 1.807) is 0 Å². The lowest BCUT2D eigenvalue weighted by atomic mass is 10.1. The van der Waals surface area contributed by atoms with Gasteiger partial charge in [0.2, 0.25) is 10.0 Å². The average Bonchev–Trinajstić information content (AvgIpc) is 2.62. The van der Waals surface area contributed by atoms with Crippen molar-refractivity contribution in [3.8, 4) is 0 Å². The van der Waals surface area contributed by atoms with E-state index in [0.717, 1.165) is 13.0 Å². The molecule has 0 radical (unpaired) electrons. The number of sulfonamides is 1. The molecule has 2 unspecified atom stereocenters. The van der Waals surface area contributed by atoms with Crippen LogP contribution in [0.15, 0.2) is 59.5 Å². The Morgan fingerprint density at radius 3 is 2.12 bits per heavy atom. The maximum atomic E-state index is 13.1. The predicted octanol–water partition coefficient (Wildman–Crippen LogP) is 3.15. The Morgan fingerprint density at radius 1 is 0.962 bits per heavy atom. The second-order valence-corrected chi connectivity index (χ2v) is 8.89. The first-order chi connectivity index (χ1) is 12.4. The molecule has 2 atom stereocenters. The van der Waals surface area contributed by atoms with Crippen molar-refractivity contribution in [2.24, 2.45) is 0 Å². The molecule has 0 aliphatic carbocycles. The molecule has 0 spiro atoms. The van der Waals surface area contributed by atoms with Crippen molar-refractivity contribution in [2.75, 3.05) is 19.6 Å². The van der Waals surface area contributed by atoms with E-state index in [4.69, 9.17) is 0 Å². The van der Waals surface area contributed by atoms with Crippen molar-refractivity contribution >= 4 is 10.0 Å². The monoisotopic (exact) mass is 376 g/mol. The van der Waals surface area contributed by atoms with E-state index < -0.39 is 15.8 Å². The largest absolute Gasteiger partial charge is 0.295 e. The topological polar surface area (TPSA) is 40.6 Å². The summed E-state index contributed by atoms with van der Waals surface area (Å²) in [5.41, 5.74) is 1.29. The van der Waals surface area contributed by atoms with Gasteiger partial charge in [-0.25, -0.2) is 12.8 Å². The normalized spacial score (nSPS) is 22.4. The van der Waals surface area contributed by atoms with Gasteiger partial charge >= 0.3 is 0 Å². The average molecular weight is 376 g/mol. The quantitative estimate of drug-likeness (QED) is 0.805. The van der Waals surface area contributed by atoms with Crippen LogP contribution in [0.3, 0.4) is 0 Å². The molecule has 0 bridgehead atoms. The van der Waals surface area contributed by atoms with Gasteiger partial charge in [0.25, 0.3) is 0 Å². The van der Waals surface area contributed by atoms with Crippen LogP contribution < -0.4 is 0 Å². The molecule has 1 saturated heterocycles. The van der Waals surface area contributed by atoms with Crippen LogP contribution in [0.4, 0.5) is 4.39 Å². The molecule has 140 valence electrons. The zero-order valence-corrected chi connectivity index (χ0v) is 16.0. The summed E-state index contributed by atoms with van der Waals surface area (Å²) in [6.45, 7) is 5.91. The number of hydrogen-bond donors (Lipinski definition) is 0. The van der Waals surface area contributed by atoms with E-state index in [9.17, 15) is 12.8 Å². The Hall–Kier alpha value is -1.76. The van der Waals surface area contributed by atoms with E-state index in [1.165, 1.54) is 34.1 Å². The summed E-state index contributed by atoms with van der Waals surface area (Å²) in [5, 5.41) is 0. The number of rotatable bonds is 5. The zero-order chi connectivity index (χ0) is 18.7. The van der Waals surface area contributed by atoms with Crippen LogP contribution in [-0.4, -0.2) is 49.3 Å². The Morgan fingerprint density at radius 2 is 1.54 bits per heavy atom. The lowest BCUT2D eigenvalue weighted by Crippen LogP contribution is -2.58. The third-order valence-electron chi connectivity index (χ3n) is 5.02. The molecule has 0 saturated carbocycles. The zero-order valence-electron chi connectivity index (χ0n) is 15.2. The molecule has 6 heteroatoms. The van der Waals surface area contributed by atoms with Crippen molar-refractivity contribution in [3.63, 3.8) is 0 Å². The van der Waals surface area contributed by atoms with E-state index in [2.05, 4.69) is 30.9 Å². The fraction of sp³-hybridized carbons (Fsp3) is 0.400. The Labute approximate surface area is 155 Å². The second kappa shape index (κ2) is 7.86. The summed E-state index contributed by atoms with van der Waals surface area (Å²) in [7, 11) is -3.60. The lowest BCUT2D eigenvalue weighted by Gasteiger charge is -2.43. The first-order valence-corrected chi connectivity index (χ1v) is 10.4. The highest BCUT2D eigenvalue weighted by Crippen LogP contribution is 2.23. The van der Waals surface area contributed by atoms with E-state index >= 15 is 0 Å². The number of benzene rings is 2. The van der Waals surface area contributed by atoms with Gasteiger partial charge in [-0.1, -0.05) is 30.3 Å². The molecule has 2 aromatic carbocycles. The van der Waals surface area contributed by atoms with Crippen LogP contribution in [0.25, 0.3) is 0 Å². The molecule has 1 fully saturated rings. The van der Waals surface area contributed by atoms with Gasteiger partial charge in [-0.3, -0.25) is 4.90 Å². The van der Waals surface area contributed by atoms with Crippen molar-refractivity contribution in [1.29, 1.82) is 0 Å². The van der Waals surface area contributed by atoms with Crippen LogP contribution in [0.5, 0.6) is 0 Å². The maximum absolute atomic E-state index is 13.1. The summed E-state index contributed by atoms with van der Waals surface area (Å²) in [4.78, 5) is 2.51. The van der Waals surface area contributed by atoms with E-state index in [1.807, 2.05) is 18.2 Å². The minimum atomic E-state index is -3.60. The van der Waals surface area contributed by atoms with Gasteiger partial charge in [-0.05, 0) is 50.1 Å². The Kier molecular flexibility index (Phi) is 5.75. The number of hydrogen-bond acceptors (Lipinski definition) is 3. The molecule has 1 aliphatic heterocycles. The number of piperazine rings is 1. The molecule has 1 aliphatic rings. The summed E-state index contributed by atoms with van der Waals surface area (Å²) >= 11 is 0. The first kappa shape index (κ1) is 19.0. The van der Waals surface area contributed by atoms with Crippen molar-refractivity contribution in [3.05, 3.63) is 66.0 Å². The van der Waals surface area contributed by atoms with Gasteiger partial charge in [0.05, 0.1) is 4.90 Å². The molecular formula is C20H25FN2O2S. The summed E-state index contributed by atoms with van der Waals surface area (Å²) in [6.07, 6.45) is 0.945. The van der Waals surface area contributed by atoms with Crippen LogP contribution in [0.2, 0.25) is 0 Å². The molecule has 1 heterocycles. The summed E-state index contributed by atoms with van der Waals surface area (Å²) < 4.78 is 40.3. The maximum Gasteiger partial charge on any atom is 0.243 e. The summed E-state index contributed by atoms with van der Waals surface area (Å²) in [6, 6.07) is 15.6. The summed E-state index contributed by atoms with van der Waals surface area (Å²) in [5.74, 6) is -0.434. The van der Waals surface area contributed by atoms with Crippen LogP contribution in [0.1, 0.15) is 19.4 Å². The minimum Gasteiger partial charge on any atom is -0.295 e. The molecule has 3 rings (SSSR count). The fourth-order valence-electron chi connectivity index (χ4n) is 3.60. The smallest absolute Gasteiger partial charge is 0.243 e. The van der Waals surface area contributed by atoms with Crippen molar-refractivity contribution in [1.82, 2.24) is 9.21 Å². The second-order valence-electron chi connectivity index (χ2n) is 6.95. The number of halogens is 1. The number of nitrogens with zero attached hydrogens (tertiary/aromatic N) is 2. The van der Waals surface area contributed by atoms with Gasteiger partial charge in [0.1, 0.15) is 5.82 Å². The highest BCUT2D eigenvalue weighted by Gasteiger charge is 2.35. The SMILES string of the molecule is CC1CN(S(=O)(=O)c2ccc(F)cc2)CC(C)N1CCc1ccccc1. The van der Waals surface area contributed by atoms with Gasteiger partial charge < -0.3 is 0 Å². The standard InChI is InChI=1S/C20H25FN2O2S/c1-16-14-22(26(24,25)20-10-8-19(21)9-11-20)15-17(2)23(16)13-12-18-6-4-3-5-7-18/h3-11,16-17H,12-15H2,1-2H3. The molecule has 0 aromatic heterocycles. The van der Waals surface area contributed by atoms with E-state index in [-0.39, 0.29) is 17.0 Å². The van der Waals surface area contributed by atoms with Crippen LogP contribution in [0, 0.1) is 5.82 Å². The minimum absolute atomic E-state index is 0.123. The Bertz CT molecular complexity index is 813. The molecule has 26 heavy (non-hydrogen) atoms. The molecule has 2 aromatic rings. The van der Waals surface area contributed by atoms with Crippen LogP contribution in [-0.2, 0) is 16.4 Å². The molecular weight excluding hydrogens is 351 g/mol. The van der Waals surface area contributed by atoms with Gasteiger partial charge in [-0.2, -0.15) is 4.31 Å². The van der Waals surface area contributed by atoms with Crippen molar-refractivity contribution < 1.29 is 12.8 Å². The predicted molar refractivity (Wildman–Crippen MR) is 101 cm³/mol. The van der Waals surface area contributed by atoms with E-state index in [0.29, 0.717) is 13.1 Å². The van der Waals surface area contributed by atoms with Gasteiger partial charge in [-0.15, -0.1) is 0 Å². The third kappa shape index (κ3) is 4.14. The van der Waals surface area contributed by atoms with Gasteiger partial charge in [0, 0.05) is 31.7 Å². The molecule has 4 nitrogen and oxygen atoms in total. The molecule has 0 N–H and O–H groups in total. The fourth-order valence-corrected chi connectivity index (χ4v) is 5.21. The first-order valence-electron chi connectivity index (χ1n) is 8.93. The Balaban J connectivity index is 1.68.